The predicted molar refractivity (Wildman–Crippen MR) is 62.4 cm³/mol. The Labute approximate surface area is 107 Å². The molecule has 7 nitrogen and oxygen atoms in total. The van der Waals surface area contributed by atoms with Crippen molar-refractivity contribution in [3.05, 3.63) is 18.5 Å². The Morgan fingerprint density at radius 1 is 1.28 bits per heavy atom. The summed E-state index contributed by atoms with van der Waals surface area (Å²) in [6, 6.07) is 1.78. The molecule has 3 rings (SSSR count). The first kappa shape index (κ1) is 11.5. The van der Waals surface area contributed by atoms with Crippen LogP contribution in [0.4, 0.5) is 0 Å². The van der Waals surface area contributed by atoms with Crippen molar-refractivity contribution >= 4 is 19.7 Å². The quantitative estimate of drug-likeness (QED) is 0.781. The van der Waals surface area contributed by atoms with Gasteiger partial charge in [-0.15, -0.1) is 10.2 Å². The molecule has 0 unspecified atom stereocenters. The van der Waals surface area contributed by atoms with Crippen LogP contribution in [0.3, 0.4) is 0 Å². The largest absolute Gasteiger partial charge is 0.296 e. The third-order valence-electron chi connectivity index (χ3n) is 2.64. The van der Waals surface area contributed by atoms with Crippen LogP contribution in [-0.4, -0.2) is 33.4 Å². The smallest absolute Gasteiger partial charge is 0.294 e. The molecule has 1 aliphatic rings. The lowest BCUT2D eigenvalue weighted by molar-refractivity contribution is 0.579. The molecule has 0 saturated heterocycles. The fourth-order valence-electron chi connectivity index (χ4n) is 1.72. The molecule has 0 bridgehead atoms. The van der Waals surface area contributed by atoms with Gasteiger partial charge >= 0.3 is 0 Å². The summed E-state index contributed by atoms with van der Waals surface area (Å²) < 4.78 is 24.4. The van der Waals surface area contributed by atoms with Crippen molar-refractivity contribution < 1.29 is 8.42 Å². The molecule has 2 heterocycles. The zero-order valence-electron chi connectivity index (χ0n) is 9.06. The number of hydrogen-bond acceptors (Lipinski definition) is 6. The van der Waals surface area contributed by atoms with E-state index in [-0.39, 0.29) is 11.2 Å². The van der Waals surface area contributed by atoms with Crippen molar-refractivity contribution in [2.75, 3.05) is 0 Å². The average molecular weight is 286 g/mol. The third-order valence-corrected chi connectivity index (χ3v) is 3.77. The molecule has 94 valence electrons. The Balaban J connectivity index is 2.20. The highest BCUT2D eigenvalue weighted by molar-refractivity contribution is 8.13. The lowest BCUT2D eigenvalue weighted by atomic mass is 10.3. The van der Waals surface area contributed by atoms with Crippen molar-refractivity contribution in [3.8, 4) is 11.4 Å². The van der Waals surface area contributed by atoms with Gasteiger partial charge in [-0.25, -0.2) is 8.42 Å². The maximum Gasteiger partial charge on any atom is 0.296 e. The Morgan fingerprint density at radius 3 is 2.61 bits per heavy atom. The van der Waals surface area contributed by atoms with Crippen LogP contribution in [0.5, 0.6) is 0 Å². The first-order valence-electron chi connectivity index (χ1n) is 5.24. The number of halogens is 1. The normalized spacial score (nSPS) is 15.8. The average Bonchev–Trinajstić information content (AvgIpc) is 3.07. The summed E-state index contributed by atoms with van der Waals surface area (Å²) in [5, 5.41) is 14.8. The lowest BCUT2D eigenvalue weighted by Gasteiger charge is -2.06. The second-order valence-electron chi connectivity index (χ2n) is 3.98. The Bertz CT molecular complexity index is 680. The van der Waals surface area contributed by atoms with Gasteiger partial charge in [0.25, 0.3) is 14.2 Å². The SMILES string of the molecule is O=S(=O)(Cl)c1nnc(-c2ccnnc2)n1C1CC1. The molecule has 0 N–H and O–H groups in total. The van der Waals surface area contributed by atoms with E-state index in [0.717, 1.165) is 12.8 Å². The second kappa shape index (κ2) is 3.99. The zero-order valence-corrected chi connectivity index (χ0v) is 10.6. The highest BCUT2D eigenvalue weighted by Gasteiger charge is 2.34. The number of aromatic nitrogens is 5. The molecule has 0 aliphatic heterocycles. The van der Waals surface area contributed by atoms with Gasteiger partial charge in [0.05, 0.1) is 12.4 Å². The van der Waals surface area contributed by atoms with E-state index in [1.54, 1.807) is 10.6 Å². The minimum atomic E-state index is -3.90. The van der Waals surface area contributed by atoms with Crippen molar-refractivity contribution in [1.82, 2.24) is 25.0 Å². The van der Waals surface area contributed by atoms with Crippen LogP contribution in [-0.2, 0) is 9.05 Å². The van der Waals surface area contributed by atoms with Crippen molar-refractivity contribution in [3.63, 3.8) is 0 Å². The topological polar surface area (TPSA) is 90.6 Å². The van der Waals surface area contributed by atoms with Gasteiger partial charge in [0.1, 0.15) is 0 Å². The molecule has 1 aliphatic carbocycles. The van der Waals surface area contributed by atoms with E-state index in [1.807, 2.05) is 0 Å². The molecule has 1 saturated carbocycles. The maximum atomic E-state index is 11.4. The number of hydrogen-bond donors (Lipinski definition) is 0. The van der Waals surface area contributed by atoms with E-state index >= 15 is 0 Å². The Hall–Kier alpha value is -1.54. The zero-order chi connectivity index (χ0) is 12.8. The summed E-state index contributed by atoms with van der Waals surface area (Å²) in [6.45, 7) is 0. The van der Waals surface area contributed by atoms with Gasteiger partial charge in [-0.3, -0.25) is 4.57 Å². The minimum Gasteiger partial charge on any atom is -0.294 e. The first-order valence-corrected chi connectivity index (χ1v) is 7.55. The second-order valence-corrected chi connectivity index (χ2v) is 6.44. The van der Waals surface area contributed by atoms with Crippen LogP contribution >= 0.6 is 10.7 Å². The molecular formula is C9H8ClN5O2S. The van der Waals surface area contributed by atoms with Crippen molar-refractivity contribution in [2.45, 2.75) is 24.0 Å². The highest BCUT2D eigenvalue weighted by atomic mass is 35.7. The van der Waals surface area contributed by atoms with Gasteiger partial charge < -0.3 is 0 Å². The van der Waals surface area contributed by atoms with Crippen LogP contribution in [0, 0.1) is 0 Å². The van der Waals surface area contributed by atoms with E-state index < -0.39 is 9.05 Å². The predicted octanol–water partition coefficient (Wildman–Crippen LogP) is 0.998. The van der Waals surface area contributed by atoms with Gasteiger partial charge in [-0.2, -0.15) is 10.2 Å². The van der Waals surface area contributed by atoms with E-state index in [9.17, 15) is 8.42 Å². The van der Waals surface area contributed by atoms with Gasteiger partial charge in [0.15, 0.2) is 5.82 Å². The summed E-state index contributed by atoms with van der Waals surface area (Å²) >= 11 is 0. The van der Waals surface area contributed by atoms with E-state index in [2.05, 4.69) is 20.4 Å². The molecule has 0 amide bonds. The van der Waals surface area contributed by atoms with E-state index in [0.29, 0.717) is 11.4 Å². The van der Waals surface area contributed by atoms with Gasteiger partial charge in [-0.1, -0.05) is 0 Å². The Morgan fingerprint density at radius 2 is 2.06 bits per heavy atom. The van der Waals surface area contributed by atoms with Gasteiger partial charge in [0.2, 0.25) is 0 Å². The molecule has 2 aromatic heterocycles. The molecule has 18 heavy (non-hydrogen) atoms. The highest BCUT2D eigenvalue weighted by Crippen LogP contribution is 2.40. The molecule has 1 fully saturated rings. The molecule has 0 atom stereocenters. The monoisotopic (exact) mass is 285 g/mol. The molecule has 0 radical (unpaired) electrons. The minimum absolute atomic E-state index is 0.0895. The van der Waals surface area contributed by atoms with Crippen LogP contribution in [0.25, 0.3) is 11.4 Å². The van der Waals surface area contributed by atoms with Crippen molar-refractivity contribution in [1.29, 1.82) is 0 Å². The molecule has 2 aromatic rings. The summed E-state index contributed by atoms with van der Waals surface area (Å²) in [5.41, 5.74) is 0.663. The number of nitrogens with zero attached hydrogens (tertiary/aromatic N) is 5. The third kappa shape index (κ3) is 1.97. The van der Waals surface area contributed by atoms with Crippen molar-refractivity contribution in [2.24, 2.45) is 0 Å². The molecular weight excluding hydrogens is 278 g/mol. The fraction of sp³-hybridized carbons (Fsp3) is 0.333. The summed E-state index contributed by atoms with van der Waals surface area (Å²) in [5.74, 6) is 0.451. The van der Waals surface area contributed by atoms with Gasteiger partial charge in [-0.05, 0) is 18.9 Å². The van der Waals surface area contributed by atoms with Crippen LogP contribution in [0.2, 0.25) is 0 Å². The first-order chi connectivity index (χ1) is 8.57. The van der Waals surface area contributed by atoms with Crippen LogP contribution in [0.15, 0.2) is 23.6 Å². The molecule has 0 spiro atoms. The standard InChI is InChI=1S/C9H8ClN5O2S/c10-18(16,17)9-14-13-8(15(9)7-1-2-7)6-3-4-11-12-5-6/h3-5,7H,1-2H2. The molecule has 9 heteroatoms. The van der Waals surface area contributed by atoms with Gasteiger partial charge in [0, 0.05) is 22.3 Å². The fourth-order valence-corrected chi connectivity index (χ4v) is 2.65. The molecule has 0 aromatic carbocycles. The lowest BCUT2D eigenvalue weighted by Crippen LogP contribution is -2.06. The maximum absolute atomic E-state index is 11.4. The van der Waals surface area contributed by atoms with E-state index in [4.69, 9.17) is 10.7 Å². The van der Waals surface area contributed by atoms with Crippen LogP contribution < -0.4 is 0 Å². The van der Waals surface area contributed by atoms with E-state index in [1.165, 1.54) is 12.4 Å². The summed E-state index contributed by atoms with van der Waals surface area (Å²) in [6.07, 6.45) is 4.80. The summed E-state index contributed by atoms with van der Waals surface area (Å²) in [7, 11) is 1.46. The number of rotatable bonds is 3. The summed E-state index contributed by atoms with van der Waals surface area (Å²) in [4.78, 5) is 0. The Kier molecular flexibility index (Phi) is 2.56. The van der Waals surface area contributed by atoms with Crippen LogP contribution in [0.1, 0.15) is 18.9 Å².